The molecule has 0 saturated carbocycles. The Labute approximate surface area is 199 Å². The van der Waals surface area contributed by atoms with E-state index >= 15 is 0 Å². The van der Waals surface area contributed by atoms with Gasteiger partial charge in [-0.2, -0.15) is 0 Å². The molecule has 0 radical (unpaired) electrons. The topological polar surface area (TPSA) is 92.6 Å². The molecular formula is C25H32N4O3S. The van der Waals surface area contributed by atoms with Crippen molar-refractivity contribution >= 4 is 34.5 Å². The minimum atomic E-state index is -0.326. The molecule has 2 aromatic rings. The molecule has 1 aromatic heterocycles. The fourth-order valence-corrected chi connectivity index (χ4v) is 4.57. The lowest BCUT2D eigenvalue weighted by Gasteiger charge is -2.20. The van der Waals surface area contributed by atoms with Gasteiger partial charge in [-0.3, -0.25) is 19.4 Å². The SMILES string of the molecule is CCCc1ccc(C2CSC(NC(=O)CNC(=O)c3ccn(C(C)(C)C)c3)=N2)cc1C(C)=O. The number of nitrogens with one attached hydrogen (secondary N) is 2. The summed E-state index contributed by atoms with van der Waals surface area (Å²) < 4.78 is 1.96. The van der Waals surface area contributed by atoms with Crippen LogP contribution in [-0.4, -0.2) is 39.6 Å². The normalized spacial score (nSPS) is 15.8. The molecule has 1 aliphatic heterocycles. The van der Waals surface area contributed by atoms with Crippen LogP contribution in [0.3, 0.4) is 0 Å². The van der Waals surface area contributed by atoms with E-state index in [4.69, 9.17) is 0 Å². The summed E-state index contributed by atoms with van der Waals surface area (Å²) >= 11 is 1.46. The van der Waals surface area contributed by atoms with Gasteiger partial charge in [0.25, 0.3) is 5.91 Å². The van der Waals surface area contributed by atoms with Gasteiger partial charge in [-0.05, 0) is 57.4 Å². The van der Waals surface area contributed by atoms with Crippen molar-refractivity contribution in [3.05, 3.63) is 58.9 Å². The highest BCUT2D eigenvalue weighted by molar-refractivity contribution is 8.14. The minimum absolute atomic E-state index is 0.0528. The zero-order valence-corrected chi connectivity index (χ0v) is 20.7. The maximum absolute atomic E-state index is 12.4. The predicted octanol–water partition coefficient (Wildman–Crippen LogP) is 4.09. The minimum Gasteiger partial charge on any atom is -0.348 e. The Hall–Kier alpha value is -2.87. The largest absolute Gasteiger partial charge is 0.348 e. The van der Waals surface area contributed by atoms with Crippen molar-refractivity contribution in [1.29, 1.82) is 0 Å². The van der Waals surface area contributed by atoms with Crippen LogP contribution in [0.15, 0.2) is 41.7 Å². The molecule has 3 rings (SSSR count). The lowest BCUT2D eigenvalue weighted by Crippen LogP contribution is -2.38. The van der Waals surface area contributed by atoms with E-state index < -0.39 is 0 Å². The molecule has 0 saturated heterocycles. The van der Waals surface area contributed by atoms with Gasteiger partial charge in [0.15, 0.2) is 11.0 Å². The standard InChI is InChI=1S/C25H32N4O3S/c1-6-7-17-8-9-18(12-20(17)16(2)30)21-15-33-24(27-21)28-22(31)13-26-23(32)19-10-11-29(14-19)25(3,4)5/h8-12,14,21H,6-7,13,15H2,1-5H3,(H,26,32)(H,27,28,31). The van der Waals surface area contributed by atoms with Crippen LogP contribution in [0, 0.1) is 0 Å². The quantitative estimate of drug-likeness (QED) is 0.599. The second-order valence-corrected chi connectivity index (χ2v) is 10.2. The summed E-state index contributed by atoms with van der Waals surface area (Å²) in [5, 5.41) is 5.95. The third-order valence-electron chi connectivity index (χ3n) is 5.45. The summed E-state index contributed by atoms with van der Waals surface area (Å²) in [6.07, 6.45) is 5.47. The predicted molar refractivity (Wildman–Crippen MR) is 133 cm³/mol. The molecule has 7 nitrogen and oxygen atoms in total. The van der Waals surface area contributed by atoms with Gasteiger partial charge in [0.05, 0.1) is 18.2 Å². The average molecular weight is 469 g/mol. The van der Waals surface area contributed by atoms with Gasteiger partial charge in [-0.1, -0.05) is 37.2 Å². The van der Waals surface area contributed by atoms with Crippen LogP contribution in [0.25, 0.3) is 0 Å². The highest BCUT2D eigenvalue weighted by atomic mass is 32.2. The number of aliphatic imine (C=N–C) groups is 1. The van der Waals surface area contributed by atoms with Crippen LogP contribution < -0.4 is 10.6 Å². The summed E-state index contributed by atoms with van der Waals surface area (Å²) in [6.45, 7) is 9.70. The van der Waals surface area contributed by atoms with E-state index in [9.17, 15) is 14.4 Å². The highest BCUT2D eigenvalue weighted by Gasteiger charge is 2.23. The summed E-state index contributed by atoms with van der Waals surface area (Å²) in [6, 6.07) is 7.57. The van der Waals surface area contributed by atoms with Gasteiger partial charge >= 0.3 is 0 Å². The number of carbonyl (C=O) groups is 3. The highest BCUT2D eigenvalue weighted by Crippen LogP contribution is 2.31. The summed E-state index contributed by atoms with van der Waals surface area (Å²) in [5.41, 5.74) is 3.17. The third kappa shape index (κ3) is 6.35. The lowest BCUT2D eigenvalue weighted by atomic mass is 9.96. The first-order chi connectivity index (χ1) is 15.6. The van der Waals surface area contributed by atoms with Crippen LogP contribution >= 0.6 is 11.8 Å². The monoisotopic (exact) mass is 468 g/mol. The van der Waals surface area contributed by atoms with Crippen molar-refractivity contribution in [3.63, 3.8) is 0 Å². The van der Waals surface area contributed by atoms with Crippen LogP contribution in [0.4, 0.5) is 0 Å². The molecule has 1 aromatic carbocycles. The molecule has 1 unspecified atom stereocenters. The average Bonchev–Trinajstić information content (AvgIpc) is 3.42. The molecule has 2 heterocycles. The molecule has 2 amide bonds. The molecule has 176 valence electrons. The van der Waals surface area contributed by atoms with Gasteiger partial charge < -0.3 is 15.2 Å². The van der Waals surface area contributed by atoms with Gasteiger partial charge in [-0.15, -0.1) is 0 Å². The van der Waals surface area contributed by atoms with Gasteiger partial charge in [-0.25, -0.2) is 0 Å². The van der Waals surface area contributed by atoms with Crippen molar-refractivity contribution in [2.75, 3.05) is 12.3 Å². The van der Waals surface area contributed by atoms with Crippen molar-refractivity contribution in [2.45, 2.75) is 59.0 Å². The summed E-state index contributed by atoms with van der Waals surface area (Å²) in [7, 11) is 0. The number of carbonyl (C=O) groups excluding carboxylic acids is 3. The Balaban J connectivity index is 1.57. The van der Waals surface area contributed by atoms with Gasteiger partial charge in [0, 0.05) is 29.2 Å². The van der Waals surface area contributed by atoms with Crippen molar-refractivity contribution in [1.82, 2.24) is 15.2 Å². The fourth-order valence-electron chi connectivity index (χ4n) is 3.60. The van der Waals surface area contributed by atoms with E-state index in [1.54, 1.807) is 19.2 Å². The van der Waals surface area contributed by atoms with E-state index in [1.807, 2.05) is 29.0 Å². The summed E-state index contributed by atoms with van der Waals surface area (Å²) in [4.78, 5) is 41.4. The Morgan fingerprint density at radius 3 is 2.61 bits per heavy atom. The maximum atomic E-state index is 12.4. The molecule has 33 heavy (non-hydrogen) atoms. The smallest absolute Gasteiger partial charge is 0.253 e. The number of benzene rings is 1. The number of hydrogen-bond donors (Lipinski definition) is 2. The molecule has 0 spiro atoms. The Kier molecular flexibility index (Phi) is 7.79. The zero-order chi connectivity index (χ0) is 24.2. The number of hydrogen-bond acceptors (Lipinski definition) is 5. The maximum Gasteiger partial charge on any atom is 0.253 e. The Bertz CT molecular complexity index is 1080. The summed E-state index contributed by atoms with van der Waals surface area (Å²) in [5.74, 6) is 0.119. The molecule has 0 fully saturated rings. The van der Waals surface area contributed by atoms with Crippen molar-refractivity contribution in [3.8, 4) is 0 Å². The third-order valence-corrected chi connectivity index (χ3v) is 6.42. The second kappa shape index (κ2) is 10.4. The van der Waals surface area contributed by atoms with Crippen LogP contribution in [0.5, 0.6) is 0 Å². The van der Waals surface area contributed by atoms with Crippen LogP contribution in [0.2, 0.25) is 0 Å². The van der Waals surface area contributed by atoms with Crippen LogP contribution in [-0.2, 0) is 16.8 Å². The number of thioether (sulfide) groups is 1. The van der Waals surface area contributed by atoms with Gasteiger partial charge in [0.2, 0.25) is 5.91 Å². The first kappa shape index (κ1) is 24.8. The molecule has 8 heteroatoms. The lowest BCUT2D eigenvalue weighted by molar-refractivity contribution is -0.118. The van der Waals surface area contributed by atoms with E-state index in [1.165, 1.54) is 11.8 Å². The van der Waals surface area contributed by atoms with Crippen LogP contribution in [0.1, 0.15) is 78.9 Å². The number of amides is 2. The molecule has 1 aliphatic rings. The van der Waals surface area contributed by atoms with E-state index in [-0.39, 0.29) is 35.7 Å². The van der Waals surface area contributed by atoms with E-state index in [2.05, 4.69) is 43.3 Å². The Morgan fingerprint density at radius 1 is 1.21 bits per heavy atom. The zero-order valence-electron chi connectivity index (χ0n) is 19.9. The molecule has 1 atom stereocenters. The number of amidine groups is 1. The second-order valence-electron chi connectivity index (χ2n) is 9.19. The number of nitrogens with zero attached hydrogens (tertiary/aromatic N) is 2. The first-order valence-electron chi connectivity index (χ1n) is 11.2. The number of Topliss-reactive ketones (excluding diaryl/α,β-unsaturated/α-hetero) is 1. The number of rotatable bonds is 7. The fraction of sp³-hybridized carbons (Fsp3) is 0.440. The number of aromatic nitrogens is 1. The van der Waals surface area contributed by atoms with Crippen molar-refractivity contribution < 1.29 is 14.4 Å². The van der Waals surface area contributed by atoms with E-state index in [0.717, 1.165) is 29.5 Å². The Morgan fingerprint density at radius 2 is 1.97 bits per heavy atom. The molecular weight excluding hydrogens is 436 g/mol. The van der Waals surface area contributed by atoms with Gasteiger partial charge in [0.1, 0.15) is 0 Å². The first-order valence-corrected chi connectivity index (χ1v) is 12.2. The number of aryl methyl sites for hydroxylation is 1. The molecule has 2 N–H and O–H groups in total. The van der Waals surface area contributed by atoms with Crippen molar-refractivity contribution in [2.24, 2.45) is 4.99 Å². The molecule has 0 bridgehead atoms. The molecule has 0 aliphatic carbocycles. The van der Waals surface area contributed by atoms with E-state index in [0.29, 0.717) is 16.5 Å². The number of ketones is 1.